The Balaban J connectivity index is 0. The Kier molecular flexibility index (Phi) is 16.5. The van der Waals surface area contributed by atoms with Gasteiger partial charge in [0.25, 0.3) is 0 Å². The fraction of sp³-hybridized carbons (Fsp3) is 1.00. The van der Waals surface area contributed by atoms with E-state index in [4.69, 9.17) is 26.6 Å². The summed E-state index contributed by atoms with van der Waals surface area (Å²) in [6, 6.07) is 0. The van der Waals surface area contributed by atoms with Crippen LogP contribution in [0.15, 0.2) is 0 Å². The smallest absolute Gasteiger partial charge is 0.400 e. The van der Waals surface area contributed by atoms with Gasteiger partial charge < -0.3 is 26.6 Å². The molecule has 19 heavy (non-hydrogen) atoms. The first kappa shape index (κ1) is 21.5. The van der Waals surface area contributed by atoms with Gasteiger partial charge in [0.2, 0.25) is 0 Å². The van der Waals surface area contributed by atoms with E-state index < -0.39 is 18.3 Å². The molecule has 0 aromatic carbocycles. The lowest BCUT2D eigenvalue weighted by Crippen LogP contribution is -2.49. The topological polar surface area (TPSA) is 55.4 Å². The molecular weight excluding hydrogens is 284 g/mol. The summed E-state index contributed by atoms with van der Waals surface area (Å²) >= 11 is 0. The van der Waals surface area contributed by atoms with E-state index in [1.165, 1.54) is 0 Å². The standard InChI is InChI=1S/C8H20O4Si.C3H10O2Si/c1-5-9-13(10-6-2,11-7-3)12-8-4;1-4-6(3)5-2/h5-8H2,1-4H3;6H,1-3H3. The predicted molar refractivity (Wildman–Crippen MR) is 79.3 cm³/mol. The minimum absolute atomic E-state index is 0.548. The van der Waals surface area contributed by atoms with Crippen molar-refractivity contribution < 1.29 is 26.6 Å². The molecule has 0 heterocycles. The first-order valence-electron chi connectivity index (χ1n) is 6.66. The van der Waals surface area contributed by atoms with Crippen LogP contribution in [0.1, 0.15) is 27.7 Å². The molecule has 0 N–H and O–H groups in total. The molecule has 0 rings (SSSR count). The molecular formula is C11H30O6Si2. The molecule has 0 aliphatic carbocycles. The van der Waals surface area contributed by atoms with Crippen LogP contribution < -0.4 is 0 Å². The number of hydrogen-bond acceptors (Lipinski definition) is 6. The molecule has 0 fully saturated rings. The zero-order valence-corrected chi connectivity index (χ0v) is 15.5. The van der Waals surface area contributed by atoms with Gasteiger partial charge in [-0.05, 0) is 34.2 Å². The Morgan fingerprint density at radius 2 is 0.947 bits per heavy atom. The Labute approximate surface area is 120 Å². The molecule has 0 radical (unpaired) electrons. The summed E-state index contributed by atoms with van der Waals surface area (Å²) in [7, 11) is -0.622. The summed E-state index contributed by atoms with van der Waals surface area (Å²) in [5, 5.41) is 0. The monoisotopic (exact) mass is 314 g/mol. The van der Waals surface area contributed by atoms with Crippen molar-refractivity contribution in [3.63, 3.8) is 0 Å². The highest BCUT2D eigenvalue weighted by molar-refractivity contribution is 6.53. The highest BCUT2D eigenvalue weighted by atomic mass is 28.4. The van der Waals surface area contributed by atoms with Gasteiger partial charge >= 0.3 is 18.3 Å². The van der Waals surface area contributed by atoms with Crippen molar-refractivity contribution in [2.45, 2.75) is 34.2 Å². The third kappa shape index (κ3) is 11.7. The Hall–Kier alpha value is 0.194. The van der Waals surface area contributed by atoms with Gasteiger partial charge in [-0.2, -0.15) is 0 Å². The first-order chi connectivity index (χ1) is 9.05. The van der Waals surface area contributed by atoms with Crippen LogP contribution in [-0.4, -0.2) is 59.0 Å². The van der Waals surface area contributed by atoms with E-state index in [1.54, 1.807) is 14.2 Å². The van der Waals surface area contributed by atoms with Gasteiger partial charge in [-0.25, -0.2) is 0 Å². The van der Waals surface area contributed by atoms with Crippen LogP contribution in [-0.2, 0) is 26.6 Å². The molecule has 0 amide bonds. The second kappa shape index (κ2) is 14.6. The Bertz CT molecular complexity index is 151. The van der Waals surface area contributed by atoms with Crippen LogP contribution in [0.25, 0.3) is 0 Å². The van der Waals surface area contributed by atoms with E-state index in [0.29, 0.717) is 26.4 Å². The minimum atomic E-state index is -2.80. The maximum Gasteiger partial charge on any atom is 0.679 e. The van der Waals surface area contributed by atoms with Crippen molar-refractivity contribution in [3.05, 3.63) is 0 Å². The van der Waals surface area contributed by atoms with Crippen LogP contribution in [0.3, 0.4) is 0 Å². The molecule has 0 aliphatic rings. The van der Waals surface area contributed by atoms with Gasteiger partial charge in [-0.1, -0.05) is 0 Å². The van der Waals surface area contributed by atoms with Gasteiger partial charge in [0.05, 0.1) is 0 Å². The molecule has 0 saturated carbocycles. The highest BCUT2D eigenvalue weighted by Gasteiger charge is 2.44. The van der Waals surface area contributed by atoms with Crippen molar-refractivity contribution in [2.24, 2.45) is 0 Å². The summed E-state index contributed by atoms with van der Waals surface area (Å²) in [5.41, 5.74) is 0. The summed E-state index contributed by atoms with van der Waals surface area (Å²) < 4.78 is 31.3. The third-order valence-corrected chi connectivity index (χ3v) is 5.84. The van der Waals surface area contributed by atoms with E-state index in [1.807, 2.05) is 34.2 Å². The van der Waals surface area contributed by atoms with E-state index in [0.717, 1.165) is 0 Å². The maximum absolute atomic E-state index is 5.42. The van der Waals surface area contributed by atoms with E-state index in [2.05, 4.69) is 0 Å². The largest absolute Gasteiger partial charge is 0.679 e. The van der Waals surface area contributed by atoms with Crippen molar-refractivity contribution in [1.29, 1.82) is 0 Å². The fourth-order valence-corrected chi connectivity index (χ4v) is 3.16. The average molecular weight is 315 g/mol. The molecule has 0 aromatic heterocycles. The van der Waals surface area contributed by atoms with Crippen LogP contribution in [0.2, 0.25) is 6.55 Å². The molecule has 6 nitrogen and oxygen atoms in total. The molecule has 118 valence electrons. The fourth-order valence-electron chi connectivity index (χ4n) is 1.05. The van der Waals surface area contributed by atoms with Gasteiger partial charge in [0, 0.05) is 40.6 Å². The van der Waals surface area contributed by atoms with Gasteiger partial charge in [0.15, 0.2) is 0 Å². The third-order valence-electron chi connectivity index (χ3n) is 1.95. The highest BCUT2D eigenvalue weighted by Crippen LogP contribution is 2.11. The van der Waals surface area contributed by atoms with Crippen LogP contribution in [0.5, 0.6) is 0 Å². The molecule has 8 heteroatoms. The molecule has 0 saturated heterocycles. The summed E-state index contributed by atoms with van der Waals surface area (Å²) in [5.74, 6) is 0. The maximum atomic E-state index is 5.42. The zero-order valence-electron chi connectivity index (χ0n) is 13.4. The second-order valence-corrected chi connectivity index (χ2v) is 7.50. The quantitative estimate of drug-likeness (QED) is 0.572. The predicted octanol–water partition coefficient (Wildman–Crippen LogP) is 1.70. The molecule has 0 unspecified atom stereocenters. The van der Waals surface area contributed by atoms with Gasteiger partial charge in [-0.3, -0.25) is 0 Å². The van der Waals surface area contributed by atoms with E-state index in [9.17, 15) is 0 Å². The second-order valence-electron chi connectivity index (χ2n) is 3.27. The Morgan fingerprint density at radius 1 is 0.684 bits per heavy atom. The molecule has 0 spiro atoms. The molecule has 0 atom stereocenters. The zero-order chi connectivity index (χ0) is 15.1. The normalized spacial score (nSPS) is 11.4. The van der Waals surface area contributed by atoms with Crippen LogP contribution in [0.4, 0.5) is 0 Å². The van der Waals surface area contributed by atoms with Crippen molar-refractivity contribution in [3.8, 4) is 0 Å². The SMILES string of the molecule is CCO[Si](OCC)(OCC)OCC.CO[SiH](C)OC. The molecule has 0 aliphatic heterocycles. The average Bonchev–Trinajstić information content (AvgIpc) is 2.40. The van der Waals surface area contributed by atoms with Gasteiger partial charge in [-0.15, -0.1) is 0 Å². The molecule has 0 bridgehead atoms. The summed E-state index contributed by atoms with van der Waals surface area (Å²) in [6.07, 6.45) is 0. The lowest BCUT2D eigenvalue weighted by molar-refractivity contribution is -0.0247. The van der Waals surface area contributed by atoms with Gasteiger partial charge in [0.1, 0.15) is 0 Å². The lowest BCUT2D eigenvalue weighted by Gasteiger charge is -2.26. The van der Waals surface area contributed by atoms with Crippen molar-refractivity contribution >= 4 is 18.3 Å². The van der Waals surface area contributed by atoms with E-state index >= 15 is 0 Å². The lowest BCUT2D eigenvalue weighted by atomic mass is 10.9. The number of hydrogen-bond donors (Lipinski definition) is 0. The number of rotatable bonds is 10. The summed E-state index contributed by atoms with van der Waals surface area (Å²) in [6.45, 7) is 11.8. The van der Waals surface area contributed by atoms with Crippen LogP contribution >= 0.6 is 0 Å². The molecule has 0 aromatic rings. The minimum Gasteiger partial charge on any atom is -0.400 e. The van der Waals surface area contributed by atoms with Crippen LogP contribution in [0, 0.1) is 0 Å². The van der Waals surface area contributed by atoms with Crippen molar-refractivity contribution in [2.75, 3.05) is 40.6 Å². The van der Waals surface area contributed by atoms with E-state index in [-0.39, 0.29) is 0 Å². The van der Waals surface area contributed by atoms with Crippen molar-refractivity contribution in [1.82, 2.24) is 0 Å². The summed E-state index contributed by atoms with van der Waals surface area (Å²) in [4.78, 5) is 0. The first-order valence-corrected chi connectivity index (χ1v) is 10.4. The Morgan fingerprint density at radius 3 is 1.05 bits per heavy atom.